The number of aromatic nitrogens is 5. The number of fused-ring (bicyclic) bond motifs is 2. The first-order valence-electron chi connectivity index (χ1n) is 14.2. The molecule has 4 aromatic heterocycles. The molecule has 3 N–H and O–H groups in total. The second-order valence-electron chi connectivity index (χ2n) is 10.8. The molecule has 1 aliphatic heterocycles. The van der Waals surface area contributed by atoms with E-state index < -0.39 is 6.10 Å². The van der Waals surface area contributed by atoms with Crippen LogP contribution in [0.1, 0.15) is 47.9 Å². The molecule has 0 radical (unpaired) electrons. The molecule has 1 atom stereocenters. The first-order valence-corrected chi connectivity index (χ1v) is 14.2. The van der Waals surface area contributed by atoms with Crippen LogP contribution in [-0.4, -0.2) is 67.7 Å². The molecule has 0 saturated heterocycles. The molecule has 0 amide bonds. The SMILES string of the molecule is C#CN.COc1cnn2cc(-c3nn4c(c3C)CCN(CC3CCC3)CC4)cc(O[C@H](CO)c3ccc(C)cn3)c12. The molecule has 0 bridgehead atoms. The van der Waals surface area contributed by atoms with Crippen LogP contribution in [-0.2, 0) is 13.0 Å². The quantitative estimate of drug-likeness (QED) is 0.250. The normalized spacial score (nSPS) is 16.1. The zero-order valence-corrected chi connectivity index (χ0v) is 24.1. The van der Waals surface area contributed by atoms with E-state index in [1.54, 1.807) is 30.1 Å². The van der Waals surface area contributed by atoms with Gasteiger partial charge in [-0.2, -0.15) is 10.2 Å². The lowest BCUT2D eigenvalue weighted by Gasteiger charge is -2.31. The van der Waals surface area contributed by atoms with Gasteiger partial charge in [-0.05, 0) is 61.9 Å². The van der Waals surface area contributed by atoms with Crippen molar-refractivity contribution in [2.24, 2.45) is 11.7 Å². The van der Waals surface area contributed by atoms with Gasteiger partial charge in [-0.15, -0.1) is 0 Å². The van der Waals surface area contributed by atoms with Crippen LogP contribution >= 0.6 is 0 Å². The summed E-state index contributed by atoms with van der Waals surface area (Å²) in [5.41, 5.74) is 11.1. The Bertz CT molecular complexity index is 1520. The van der Waals surface area contributed by atoms with Crippen molar-refractivity contribution < 1.29 is 14.6 Å². The van der Waals surface area contributed by atoms with Crippen LogP contribution in [0, 0.1) is 32.2 Å². The number of aliphatic hydroxyl groups excluding tert-OH is 1. The van der Waals surface area contributed by atoms with E-state index in [4.69, 9.17) is 14.6 Å². The van der Waals surface area contributed by atoms with E-state index in [0.29, 0.717) is 22.7 Å². The summed E-state index contributed by atoms with van der Waals surface area (Å²) in [7, 11) is 1.62. The van der Waals surface area contributed by atoms with E-state index >= 15 is 0 Å². The van der Waals surface area contributed by atoms with Gasteiger partial charge in [0.15, 0.2) is 23.1 Å². The predicted octanol–water partition coefficient (Wildman–Crippen LogP) is 3.52. The summed E-state index contributed by atoms with van der Waals surface area (Å²) >= 11 is 0. The lowest BCUT2D eigenvalue weighted by molar-refractivity contribution is 0.114. The number of nitrogens with two attached hydrogens (primary N) is 1. The van der Waals surface area contributed by atoms with Gasteiger partial charge in [-0.25, -0.2) is 4.52 Å². The average molecular weight is 558 g/mol. The molecular formula is C31H39N7O3. The second-order valence-corrected chi connectivity index (χ2v) is 10.8. The first-order chi connectivity index (χ1) is 19.9. The van der Waals surface area contributed by atoms with E-state index in [1.165, 1.54) is 37.1 Å². The fourth-order valence-electron chi connectivity index (χ4n) is 5.64. The molecule has 1 saturated carbocycles. The highest BCUT2D eigenvalue weighted by Gasteiger charge is 2.26. The average Bonchev–Trinajstić information content (AvgIpc) is 3.44. The molecule has 5 heterocycles. The number of methoxy groups -OCH3 is 1. The number of hydrogen-bond donors (Lipinski definition) is 2. The Labute approximate surface area is 241 Å². The summed E-state index contributed by atoms with van der Waals surface area (Å²) < 4.78 is 15.9. The van der Waals surface area contributed by atoms with Crippen LogP contribution in [0.5, 0.6) is 11.5 Å². The van der Waals surface area contributed by atoms with Gasteiger partial charge in [0.05, 0.1) is 37.8 Å². The molecule has 0 spiro atoms. The van der Waals surface area contributed by atoms with E-state index in [0.717, 1.165) is 48.8 Å². The minimum Gasteiger partial charge on any atom is -0.493 e. The van der Waals surface area contributed by atoms with Gasteiger partial charge in [0.25, 0.3) is 0 Å². The molecule has 10 nitrogen and oxygen atoms in total. The summed E-state index contributed by atoms with van der Waals surface area (Å²) in [5.74, 6) is 2.04. The molecule has 1 aliphatic carbocycles. The first kappa shape index (κ1) is 28.5. The lowest BCUT2D eigenvalue weighted by Crippen LogP contribution is -2.34. The minimum atomic E-state index is -0.629. The van der Waals surface area contributed by atoms with Crippen LogP contribution in [0.15, 0.2) is 36.8 Å². The molecule has 1 fully saturated rings. The van der Waals surface area contributed by atoms with Gasteiger partial charge in [-0.1, -0.05) is 18.9 Å². The number of terminal acetylenes is 1. The molecule has 41 heavy (non-hydrogen) atoms. The third kappa shape index (κ3) is 6.01. The molecular weight excluding hydrogens is 518 g/mol. The summed E-state index contributed by atoms with van der Waals surface area (Å²) in [6.45, 7) is 8.17. The maximum Gasteiger partial charge on any atom is 0.168 e. The maximum atomic E-state index is 10.2. The summed E-state index contributed by atoms with van der Waals surface area (Å²) in [5, 5.41) is 19.8. The van der Waals surface area contributed by atoms with Crippen molar-refractivity contribution in [1.29, 1.82) is 0 Å². The van der Waals surface area contributed by atoms with Crippen LogP contribution in [0.25, 0.3) is 16.8 Å². The largest absolute Gasteiger partial charge is 0.493 e. The molecule has 216 valence electrons. The van der Waals surface area contributed by atoms with Crippen LogP contribution in [0.4, 0.5) is 0 Å². The Balaban J connectivity index is 0.00000108. The van der Waals surface area contributed by atoms with Crippen molar-refractivity contribution in [2.45, 2.75) is 52.2 Å². The second kappa shape index (κ2) is 12.6. The van der Waals surface area contributed by atoms with E-state index in [-0.39, 0.29) is 6.61 Å². The predicted molar refractivity (Wildman–Crippen MR) is 158 cm³/mol. The highest BCUT2D eigenvalue weighted by Crippen LogP contribution is 2.37. The van der Waals surface area contributed by atoms with Crippen molar-refractivity contribution in [3.8, 4) is 35.2 Å². The van der Waals surface area contributed by atoms with Crippen LogP contribution in [0.3, 0.4) is 0 Å². The molecule has 10 heteroatoms. The molecule has 0 aromatic carbocycles. The fraction of sp³-hybridized carbons (Fsp3) is 0.452. The van der Waals surface area contributed by atoms with Crippen molar-refractivity contribution in [1.82, 2.24) is 29.3 Å². The highest BCUT2D eigenvalue weighted by molar-refractivity contribution is 5.75. The standard InChI is InChI=1S/C29H36N6O3.C2H3N/c1-19-7-8-23(30-14-19)27(18-36)38-25-13-22(17-35-29(25)26(37-3)15-31-35)28-20(2)24-9-10-33(11-12-34(24)32-28)16-21-5-4-6-21;1-2-3/h7-8,13-15,17,21,27,36H,4-6,9-12,16,18H2,1-3H3;1H,3H2/t27-;/m1./s1. The Morgan fingerprint density at radius 3 is 2.63 bits per heavy atom. The zero-order valence-electron chi connectivity index (χ0n) is 24.1. The van der Waals surface area contributed by atoms with Crippen molar-refractivity contribution in [3.63, 3.8) is 0 Å². The molecule has 2 aliphatic rings. The number of rotatable bonds is 8. The molecule has 6 rings (SSSR count). The van der Waals surface area contributed by atoms with Crippen LogP contribution in [0.2, 0.25) is 0 Å². The summed E-state index contributed by atoms with van der Waals surface area (Å²) in [6.07, 6.45) is 14.3. The van der Waals surface area contributed by atoms with E-state index in [2.05, 4.69) is 38.7 Å². The number of hydrogen-bond acceptors (Lipinski definition) is 8. The Hall–Kier alpha value is -4.07. The van der Waals surface area contributed by atoms with Gasteiger partial charge in [0, 0.05) is 49.7 Å². The van der Waals surface area contributed by atoms with Gasteiger partial charge in [0.1, 0.15) is 0 Å². The van der Waals surface area contributed by atoms with E-state index in [1.807, 2.05) is 31.3 Å². The lowest BCUT2D eigenvalue weighted by atomic mass is 9.85. The summed E-state index contributed by atoms with van der Waals surface area (Å²) in [4.78, 5) is 7.09. The Morgan fingerprint density at radius 1 is 1.17 bits per heavy atom. The van der Waals surface area contributed by atoms with Crippen molar-refractivity contribution in [2.75, 3.05) is 33.4 Å². The molecule has 4 aromatic rings. The zero-order chi connectivity index (χ0) is 28.9. The molecule has 0 unspecified atom stereocenters. The Kier molecular flexibility index (Phi) is 8.76. The van der Waals surface area contributed by atoms with Gasteiger partial charge >= 0.3 is 0 Å². The topological polar surface area (TPSA) is 116 Å². The van der Waals surface area contributed by atoms with Crippen molar-refractivity contribution >= 4 is 5.52 Å². The van der Waals surface area contributed by atoms with Gasteiger partial charge < -0.3 is 25.2 Å². The fourth-order valence-corrected chi connectivity index (χ4v) is 5.64. The van der Waals surface area contributed by atoms with E-state index in [9.17, 15) is 5.11 Å². The maximum absolute atomic E-state index is 10.2. The van der Waals surface area contributed by atoms with Gasteiger partial charge in [-0.3, -0.25) is 9.67 Å². The third-order valence-electron chi connectivity index (χ3n) is 8.09. The number of aryl methyl sites for hydroxylation is 1. The number of ether oxygens (including phenoxy) is 2. The summed E-state index contributed by atoms with van der Waals surface area (Å²) in [6, 6.07) is 7.58. The monoisotopic (exact) mass is 557 g/mol. The minimum absolute atomic E-state index is 0.210. The number of nitrogens with zero attached hydrogens (tertiary/aromatic N) is 6. The smallest absolute Gasteiger partial charge is 0.168 e. The van der Waals surface area contributed by atoms with Gasteiger partial charge in [0.2, 0.25) is 0 Å². The number of aliphatic hydroxyl groups is 1. The highest BCUT2D eigenvalue weighted by atomic mass is 16.5. The third-order valence-corrected chi connectivity index (χ3v) is 8.09. The number of pyridine rings is 2. The Morgan fingerprint density at radius 2 is 1.98 bits per heavy atom. The van der Waals surface area contributed by atoms with Crippen molar-refractivity contribution in [3.05, 3.63) is 59.3 Å². The van der Waals surface area contributed by atoms with Crippen LogP contribution < -0.4 is 15.2 Å².